The summed E-state index contributed by atoms with van der Waals surface area (Å²) in [6.45, 7) is 0. The second-order valence-corrected chi connectivity index (χ2v) is 0.671. The van der Waals surface area contributed by atoms with Gasteiger partial charge in [-0.05, 0) is 0 Å². The summed E-state index contributed by atoms with van der Waals surface area (Å²) in [6.07, 6.45) is 0. The summed E-state index contributed by atoms with van der Waals surface area (Å²) in [7, 11) is -3.25. The van der Waals surface area contributed by atoms with Crippen molar-refractivity contribution in [3.05, 3.63) is 0 Å². The zero-order valence-electron chi connectivity index (χ0n) is 4.37. The molecule has 0 rings (SSSR count). The summed E-state index contributed by atoms with van der Waals surface area (Å²) >= 11 is 0. The Labute approximate surface area is 80.3 Å². The maximum atomic E-state index is 8.35. The fourth-order valence-corrected chi connectivity index (χ4v) is 0. The number of hydrogen-bond acceptors (Lipinski definition) is 6. The Morgan fingerprint density at radius 3 is 0.700 bits per heavy atom. The van der Waals surface area contributed by atoms with Crippen molar-refractivity contribution in [3.63, 3.8) is 0 Å². The van der Waals surface area contributed by atoms with E-state index in [4.69, 9.17) is 28.4 Å². The third-order valence-corrected chi connectivity index (χ3v) is 0. The third kappa shape index (κ3) is 532. The molecule has 0 N–H and O–H groups in total. The van der Waals surface area contributed by atoms with Crippen LogP contribution in [-0.4, -0.2) is 0 Å². The summed E-state index contributed by atoms with van der Waals surface area (Å²) < 4.78 is 25.0. The minimum absolute atomic E-state index is 0. The predicted molar refractivity (Wildman–Crippen MR) is 22.8 cm³/mol. The normalized spacial score (nSPS) is 6.30. The summed E-state index contributed by atoms with van der Waals surface area (Å²) in [5.74, 6) is 0. The van der Waals surface area contributed by atoms with Crippen LogP contribution in [0.15, 0.2) is 0 Å². The molecule has 0 unspecified atom stereocenters. The SMILES string of the molecule is O=P[O-].O=P[O-].O=P[O-].[Sc+3]. The monoisotopic (exact) mass is 234 g/mol. The van der Waals surface area contributed by atoms with Crippen LogP contribution in [0.5, 0.6) is 0 Å². The molecule has 0 aromatic rings. The van der Waals surface area contributed by atoms with Gasteiger partial charge in [-0.25, -0.2) is 0 Å². The second kappa shape index (κ2) is 50.2. The van der Waals surface area contributed by atoms with E-state index in [1.54, 1.807) is 0 Å². The zero-order chi connectivity index (χ0) is 8.12. The number of rotatable bonds is 0. The standard InChI is InChI=1S/3HO2P.Sc/c3*1-3-2;/h3*(H,1,2);/q;;;+3/p-3. The van der Waals surface area contributed by atoms with E-state index >= 15 is 0 Å². The minimum atomic E-state index is -1.08. The first kappa shape index (κ1) is 22.5. The van der Waals surface area contributed by atoms with Gasteiger partial charge in [0.1, 0.15) is 0 Å². The van der Waals surface area contributed by atoms with Gasteiger partial charge in [-0.2, -0.15) is 0 Å². The van der Waals surface area contributed by atoms with Crippen molar-refractivity contribution in [1.82, 2.24) is 0 Å². The van der Waals surface area contributed by atoms with Crippen molar-refractivity contribution in [3.8, 4) is 0 Å². The van der Waals surface area contributed by atoms with Crippen LogP contribution < -0.4 is 14.7 Å². The molecule has 0 radical (unpaired) electrons. The van der Waals surface area contributed by atoms with Crippen molar-refractivity contribution in [1.29, 1.82) is 0 Å². The molecule has 10 heteroatoms. The Kier molecular flexibility index (Phi) is 113. The molecular formula is O6P3Sc. The van der Waals surface area contributed by atoms with E-state index in [0.717, 1.165) is 0 Å². The average Bonchev–Trinajstić information content (AvgIpc) is 1.70. The summed E-state index contributed by atoms with van der Waals surface area (Å²) in [4.78, 5) is 25.0. The molecule has 54 valence electrons. The van der Waals surface area contributed by atoms with E-state index in [1.807, 2.05) is 0 Å². The number of hydrogen-bond donors (Lipinski definition) is 0. The molecule has 0 aliphatic heterocycles. The molecule has 0 aliphatic carbocycles. The summed E-state index contributed by atoms with van der Waals surface area (Å²) in [6, 6.07) is 0. The fourth-order valence-electron chi connectivity index (χ4n) is 0. The molecule has 0 atom stereocenters. The van der Waals surface area contributed by atoms with Crippen molar-refractivity contribution < 1.29 is 54.2 Å². The Morgan fingerprint density at radius 2 is 0.700 bits per heavy atom. The predicted octanol–water partition coefficient (Wildman–Crippen LogP) is -1.34. The largest absolute Gasteiger partial charge is 3.00 e. The summed E-state index contributed by atoms with van der Waals surface area (Å²) in [5, 5.41) is 0. The molecule has 0 aromatic carbocycles. The molecule has 0 fully saturated rings. The molecule has 10 heavy (non-hydrogen) atoms. The average molecular weight is 234 g/mol. The molecule has 0 saturated heterocycles. The molecule has 0 amide bonds. The maximum Gasteiger partial charge on any atom is 3.00 e. The van der Waals surface area contributed by atoms with Crippen LogP contribution in [0.1, 0.15) is 0 Å². The van der Waals surface area contributed by atoms with Crippen LogP contribution in [0, 0.1) is 0 Å². The van der Waals surface area contributed by atoms with Crippen LogP contribution in [0.3, 0.4) is 0 Å². The summed E-state index contributed by atoms with van der Waals surface area (Å²) in [5.41, 5.74) is 0. The zero-order valence-corrected chi connectivity index (χ0v) is 8.85. The van der Waals surface area contributed by atoms with E-state index in [1.165, 1.54) is 0 Å². The van der Waals surface area contributed by atoms with E-state index in [2.05, 4.69) is 0 Å². The van der Waals surface area contributed by atoms with Crippen molar-refractivity contribution in [2.45, 2.75) is 0 Å². The molecule has 0 heterocycles. The van der Waals surface area contributed by atoms with Crippen LogP contribution in [-0.2, 0) is 39.5 Å². The van der Waals surface area contributed by atoms with Crippen molar-refractivity contribution in [2.24, 2.45) is 0 Å². The Bertz CT molecular complexity index is 49.7. The van der Waals surface area contributed by atoms with Crippen LogP contribution in [0.2, 0.25) is 0 Å². The fraction of sp³-hybridized carbons (Fsp3) is 0. The molecule has 0 aliphatic rings. The quantitative estimate of drug-likeness (QED) is 0.478. The van der Waals surface area contributed by atoms with Gasteiger partial charge in [0.15, 0.2) is 0 Å². The minimum Gasteiger partial charge on any atom is -0.772 e. The molecule has 0 saturated carbocycles. The van der Waals surface area contributed by atoms with Gasteiger partial charge in [0.05, 0.1) is 26.1 Å². The topological polar surface area (TPSA) is 120 Å². The van der Waals surface area contributed by atoms with E-state index < -0.39 is 26.1 Å². The van der Waals surface area contributed by atoms with Crippen LogP contribution in [0.4, 0.5) is 0 Å². The van der Waals surface area contributed by atoms with E-state index in [0.29, 0.717) is 0 Å². The van der Waals surface area contributed by atoms with Crippen molar-refractivity contribution in [2.75, 3.05) is 0 Å². The van der Waals surface area contributed by atoms with E-state index in [-0.39, 0.29) is 25.8 Å². The van der Waals surface area contributed by atoms with Gasteiger partial charge < -0.3 is 14.7 Å². The second-order valence-electron chi connectivity index (χ2n) is 0.224. The van der Waals surface area contributed by atoms with Gasteiger partial charge in [0, 0.05) is 0 Å². The molecule has 0 aromatic heterocycles. The van der Waals surface area contributed by atoms with Crippen LogP contribution in [0.25, 0.3) is 0 Å². The maximum absolute atomic E-state index is 8.35. The first-order valence-corrected chi connectivity index (χ1v) is 3.29. The van der Waals surface area contributed by atoms with Crippen LogP contribution >= 0.6 is 26.1 Å². The first-order chi connectivity index (χ1) is 4.24. The molecular weight excluding hydrogens is 234 g/mol. The van der Waals surface area contributed by atoms with Gasteiger partial charge in [0.25, 0.3) is 0 Å². The molecule has 0 bridgehead atoms. The first-order valence-electron chi connectivity index (χ1n) is 1.10. The Balaban J connectivity index is -0.0000000257. The van der Waals surface area contributed by atoms with Gasteiger partial charge >= 0.3 is 25.8 Å². The molecule has 6 nitrogen and oxygen atoms in total. The third-order valence-electron chi connectivity index (χ3n) is 0. The smallest absolute Gasteiger partial charge is 0.772 e. The van der Waals surface area contributed by atoms with E-state index in [9.17, 15) is 0 Å². The van der Waals surface area contributed by atoms with Crippen molar-refractivity contribution >= 4 is 26.1 Å². The van der Waals surface area contributed by atoms with Gasteiger partial charge in [0.2, 0.25) is 0 Å². The molecule has 0 spiro atoms. The van der Waals surface area contributed by atoms with Gasteiger partial charge in [-0.1, -0.05) is 0 Å². The Hall–Kier alpha value is 1.05. The van der Waals surface area contributed by atoms with Gasteiger partial charge in [-0.15, -0.1) is 0 Å². The van der Waals surface area contributed by atoms with Gasteiger partial charge in [-0.3, -0.25) is 13.7 Å². The Morgan fingerprint density at radius 1 is 0.700 bits per heavy atom.